The van der Waals surface area contributed by atoms with Crippen LogP contribution in [0.1, 0.15) is 65.7 Å². The molecule has 216 valence electrons. The Balaban J connectivity index is 1.40. The number of carbonyl (C=O) groups excluding carboxylic acids is 2. The van der Waals surface area contributed by atoms with Crippen LogP contribution in [0.15, 0.2) is 84.1 Å². The van der Waals surface area contributed by atoms with Gasteiger partial charge < -0.3 is 18.7 Å². The van der Waals surface area contributed by atoms with E-state index in [4.69, 9.17) is 13.9 Å². The summed E-state index contributed by atoms with van der Waals surface area (Å²) < 4.78 is 19.8. The van der Waals surface area contributed by atoms with Gasteiger partial charge in [-0.15, -0.1) is 0 Å². The van der Waals surface area contributed by atoms with Gasteiger partial charge in [0, 0.05) is 42.1 Å². The fourth-order valence-corrected chi connectivity index (χ4v) is 12.4. The Kier molecular flexibility index (Phi) is 7.46. The predicted molar refractivity (Wildman–Crippen MR) is 162 cm³/mol. The van der Waals surface area contributed by atoms with Crippen LogP contribution in [-0.4, -0.2) is 39.4 Å². The zero-order chi connectivity index (χ0) is 28.7. The lowest BCUT2D eigenvalue weighted by molar-refractivity contribution is -0.234. The Labute approximate surface area is 245 Å². The molecule has 2 aromatic rings. The quantitative estimate of drug-likeness (QED) is 0.226. The molecule has 1 aliphatic heterocycles. The molecule has 1 saturated carbocycles. The highest BCUT2D eigenvalue weighted by Crippen LogP contribution is 2.58. The Bertz CT molecular complexity index is 1300. The van der Waals surface area contributed by atoms with E-state index in [-0.39, 0.29) is 28.1 Å². The van der Waals surface area contributed by atoms with E-state index in [0.29, 0.717) is 38.9 Å². The third-order valence-electron chi connectivity index (χ3n) is 10.0. The normalized spacial score (nSPS) is 27.4. The summed E-state index contributed by atoms with van der Waals surface area (Å²) in [7, 11) is -2.86. The molecule has 0 aromatic heterocycles. The first-order chi connectivity index (χ1) is 19.7. The minimum absolute atomic E-state index is 0.101. The minimum Gasteiger partial charge on any atom is -0.537 e. The molecule has 41 heavy (non-hydrogen) atoms. The number of hydrogen-bond donors (Lipinski definition) is 0. The maximum Gasteiger partial charge on any atom is 0.319 e. The fraction of sp³-hybridized carbons (Fsp3) is 0.486. The Hall–Kier alpha value is -2.80. The number of allylic oxidation sites excluding steroid dienone is 3. The van der Waals surface area contributed by atoms with Crippen molar-refractivity contribution in [3.63, 3.8) is 0 Å². The van der Waals surface area contributed by atoms with Gasteiger partial charge in [0.2, 0.25) is 0 Å². The van der Waals surface area contributed by atoms with Gasteiger partial charge in [-0.1, -0.05) is 93.6 Å². The molecule has 4 aliphatic carbocycles. The van der Waals surface area contributed by atoms with Crippen LogP contribution < -0.4 is 10.4 Å². The molecule has 3 atom stereocenters. The highest BCUT2D eigenvalue weighted by atomic mass is 28.4. The van der Waals surface area contributed by atoms with E-state index in [1.165, 1.54) is 10.4 Å². The molecule has 7 rings (SSSR count). The number of ketones is 1. The molecule has 2 fully saturated rings. The van der Waals surface area contributed by atoms with E-state index in [2.05, 4.69) is 81.5 Å². The van der Waals surface area contributed by atoms with E-state index in [1.54, 1.807) is 0 Å². The molecule has 1 saturated heterocycles. The smallest absolute Gasteiger partial charge is 0.319 e. The van der Waals surface area contributed by atoms with Gasteiger partial charge in [0.1, 0.15) is 6.29 Å². The van der Waals surface area contributed by atoms with Crippen molar-refractivity contribution < 1.29 is 23.5 Å². The number of fused-ring (bicyclic) bond motifs is 1. The summed E-state index contributed by atoms with van der Waals surface area (Å²) in [6, 6.07) is 21.2. The fourth-order valence-electron chi connectivity index (χ4n) is 7.91. The van der Waals surface area contributed by atoms with Crippen molar-refractivity contribution in [3.05, 3.63) is 84.1 Å². The van der Waals surface area contributed by atoms with E-state index >= 15 is 0 Å². The van der Waals surface area contributed by atoms with Gasteiger partial charge in [-0.25, -0.2) is 0 Å². The number of hydrogen-bond acceptors (Lipinski definition) is 5. The van der Waals surface area contributed by atoms with E-state index in [9.17, 15) is 9.59 Å². The summed E-state index contributed by atoms with van der Waals surface area (Å²) >= 11 is 0. The van der Waals surface area contributed by atoms with Gasteiger partial charge in [0.25, 0.3) is 0 Å². The van der Waals surface area contributed by atoms with Crippen LogP contribution in [-0.2, 0) is 23.5 Å². The molecule has 0 N–H and O–H groups in total. The van der Waals surface area contributed by atoms with Gasteiger partial charge >= 0.3 is 8.32 Å². The van der Waals surface area contributed by atoms with Crippen molar-refractivity contribution in [3.8, 4) is 0 Å². The Morgan fingerprint density at radius 1 is 0.976 bits per heavy atom. The summed E-state index contributed by atoms with van der Waals surface area (Å²) in [5.74, 6) is 0.404. The molecule has 2 bridgehead atoms. The lowest BCUT2D eigenvalue weighted by atomic mass is 9.55. The Morgan fingerprint density at radius 2 is 1.61 bits per heavy atom. The van der Waals surface area contributed by atoms with Gasteiger partial charge in [-0.05, 0) is 41.1 Å². The second kappa shape index (κ2) is 10.8. The molecule has 5 nitrogen and oxygen atoms in total. The topological polar surface area (TPSA) is 61.8 Å². The predicted octanol–water partition coefficient (Wildman–Crippen LogP) is 5.87. The average Bonchev–Trinajstić information content (AvgIpc) is 3.43. The number of benzene rings is 2. The van der Waals surface area contributed by atoms with Crippen LogP contribution in [0, 0.1) is 17.3 Å². The molecule has 6 heteroatoms. The number of ether oxygens (including phenoxy) is 2. The molecule has 0 amide bonds. The van der Waals surface area contributed by atoms with Crippen molar-refractivity contribution in [1.82, 2.24) is 0 Å². The summed E-state index contributed by atoms with van der Waals surface area (Å²) in [5, 5.41) is 2.22. The third-order valence-corrected chi connectivity index (χ3v) is 15.0. The van der Waals surface area contributed by atoms with Gasteiger partial charge in [-0.3, -0.25) is 4.79 Å². The van der Waals surface area contributed by atoms with Crippen LogP contribution in [0.3, 0.4) is 0 Å². The molecular formula is C35H42O5Si. The van der Waals surface area contributed by atoms with Crippen molar-refractivity contribution in [2.45, 2.75) is 76.5 Å². The zero-order valence-electron chi connectivity index (χ0n) is 24.6. The second-order valence-corrected chi connectivity index (χ2v) is 17.5. The van der Waals surface area contributed by atoms with Crippen molar-refractivity contribution in [2.75, 3.05) is 13.2 Å². The highest BCUT2D eigenvalue weighted by molar-refractivity contribution is 6.99. The SMILES string of the molecule is CC(C)(C)[Si](OC1=C(CC[C@]23C=CC(C[C@@H]2C=O)C2(C3)OCCO2)C(=O)CCC1)(c1ccccc1)c1ccccc1. The first-order valence-corrected chi connectivity index (χ1v) is 17.1. The van der Waals surface area contributed by atoms with Crippen LogP contribution in [0.4, 0.5) is 0 Å². The lowest BCUT2D eigenvalue weighted by Gasteiger charge is -2.54. The molecule has 0 radical (unpaired) electrons. The number of rotatable bonds is 8. The second-order valence-electron chi connectivity index (χ2n) is 13.3. The molecule has 1 unspecified atom stereocenters. The summed E-state index contributed by atoms with van der Waals surface area (Å²) in [6.45, 7) is 7.98. The summed E-state index contributed by atoms with van der Waals surface area (Å²) in [5.41, 5.74) is 0.431. The first-order valence-electron chi connectivity index (χ1n) is 15.2. The van der Waals surface area contributed by atoms with Crippen LogP contribution in [0.25, 0.3) is 0 Å². The molecule has 1 heterocycles. The first kappa shape index (κ1) is 28.3. The number of aldehydes is 1. The molecular weight excluding hydrogens is 528 g/mol. The van der Waals surface area contributed by atoms with E-state index < -0.39 is 14.1 Å². The number of Topliss-reactive ketones (excluding diaryl/α,β-unsaturated/α-hetero) is 1. The summed E-state index contributed by atoms with van der Waals surface area (Å²) in [6.07, 6.45) is 10.3. The highest BCUT2D eigenvalue weighted by Gasteiger charge is 2.59. The van der Waals surface area contributed by atoms with Gasteiger partial charge in [-0.2, -0.15) is 0 Å². The van der Waals surface area contributed by atoms with Crippen molar-refractivity contribution >= 4 is 30.8 Å². The van der Waals surface area contributed by atoms with Crippen LogP contribution in [0.5, 0.6) is 0 Å². The largest absolute Gasteiger partial charge is 0.537 e. The van der Waals surface area contributed by atoms with Gasteiger partial charge in [0.15, 0.2) is 11.6 Å². The Morgan fingerprint density at radius 3 is 2.20 bits per heavy atom. The summed E-state index contributed by atoms with van der Waals surface area (Å²) in [4.78, 5) is 26.0. The zero-order valence-corrected chi connectivity index (χ0v) is 25.6. The van der Waals surface area contributed by atoms with E-state index in [0.717, 1.165) is 36.9 Å². The maximum atomic E-state index is 13.6. The minimum atomic E-state index is -2.86. The molecule has 2 aromatic carbocycles. The monoisotopic (exact) mass is 570 g/mol. The lowest BCUT2D eigenvalue weighted by Crippen LogP contribution is -2.66. The van der Waals surface area contributed by atoms with Crippen LogP contribution in [0.2, 0.25) is 5.04 Å². The van der Waals surface area contributed by atoms with Gasteiger partial charge in [0.05, 0.1) is 19.0 Å². The standard InChI is InChI=1S/C35H42O5Si/c1-33(2,3)41(28-11-6-4-7-12-28,29-13-8-5-9-14-29)40-32-16-10-15-31(37)30(32)18-20-34-19-17-26(23-27(34)24-36)35(25-34)38-21-22-39-35/h4-9,11-14,17,19,24,26-27H,10,15-16,18,20-23,25H2,1-3H3/t26?,27-,34+/m1/s1. The molecule has 5 aliphatic rings. The molecule has 1 spiro atoms. The number of carbonyl (C=O) groups is 2. The van der Waals surface area contributed by atoms with E-state index in [1.807, 2.05) is 12.1 Å². The van der Waals surface area contributed by atoms with Crippen LogP contribution >= 0.6 is 0 Å². The maximum absolute atomic E-state index is 13.6. The average molecular weight is 571 g/mol. The van der Waals surface area contributed by atoms with Crippen molar-refractivity contribution in [2.24, 2.45) is 17.3 Å². The van der Waals surface area contributed by atoms with Crippen molar-refractivity contribution in [1.29, 1.82) is 0 Å². The third kappa shape index (κ3) is 4.78.